The lowest BCUT2D eigenvalue weighted by Crippen LogP contribution is -2.57. The Labute approximate surface area is 126 Å². The standard InChI is InChI=1S/C16H23ClN2O/c1-3-14(12-7-6-8-13(17)11-12)19-15(20)16(2)9-4-5-10-18-16/h6-8,11,14,18H,3-5,9-10H2,1-2H3,(H,19,20). The van der Waals surface area contributed by atoms with Gasteiger partial charge in [0.15, 0.2) is 0 Å². The van der Waals surface area contributed by atoms with E-state index in [4.69, 9.17) is 11.6 Å². The number of carbonyl (C=O) groups is 1. The van der Waals surface area contributed by atoms with Crippen LogP contribution in [0.4, 0.5) is 0 Å². The van der Waals surface area contributed by atoms with Gasteiger partial charge in [-0.1, -0.05) is 30.7 Å². The molecule has 3 nitrogen and oxygen atoms in total. The van der Waals surface area contributed by atoms with Crippen LogP contribution < -0.4 is 10.6 Å². The molecule has 1 aromatic rings. The van der Waals surface area contributed by atoms with Crippen LogP contribution in [0.3, 0.4) is 0 Å². The molecule has 1 aliphatic heterocycles. The monoisotopic (exact) mass is 294 g/mol. The van der Waals surface area contributed by atoms with Gasteiger partial charge in [-0.05, 0) is 56.8 Å². The minimum Gasteiger partial charge on any atom is -0.348 e. The highest BCUT2D eigenvalue weighted by atomic mass is 35.5. The number of carbonyl (C=O) groups excluding carboxylic acids is 1. The van der Waals surface area contributed by atoms with Gasteiger partial charge in [0.05, 0.1) is 11.6 Å². The average Bonchev–Trinajstić information content (AvgIpc) is 2.45. The normalized spacial score (nSPS) is 24.1. The Bertz CT molecular complexity index is 469. The van der Waals surface area contributed by atoms with Gasteiger partial charge in [-0.25, -0.2) is 0 Å². The van der Waals surface area contributed by atoms with Crippen molar-refractivity contribution in [2.45, 2.75) is 51.1 Å². The number of rotatable bonds is 4. The first-order chi connectivity index (χ1) is 9.55. The highest BCUT2D eigenvalue weighted by molar-refractivity contribution is 6.30. The summed E-state index contributed by atoms with van der Waals surface area (Å²) < 4.78 is 0. The van der Waals surface area contributed by atoms with E-state index in [9.17, 15) is 4.79 Å². The van der Waals surface area contributed by atoms with Crippen molar-refractivity contribution in [1.29, 1.82) is 0 Å². The van der Waals surface area contributed by atoms with Crippen LogP contribution in [0.15, 0.2) is 24.3 Å². The number of piperidine rings is 1. The van der Waals surface area contributed by atoms with Gasteiger partial charge in [-0.3, -0.25) is 4.79 Å². The maximum absolute atomic E-state index is 12.5. The molecule has 2 unspecified atom stereocenters. The number of nitrogens with one attached hydrogen (secondary N) is 2. The number of amides is 1. The van der Waals surface area contributed by atoms with Gasteiger partial charge >= 0.3 is 0 Å². The SMILES string of the molecule is CCC(NC(=O)C1(C)CCCCN1)c1cccc(Cl)c1. The Morgan fingerprint density at radius 1 is 1.50 bits per heavy atom. The molecule has 0 spiro atoms. The summed E-state index contributed by atoms with van der Waals surface area (Å²) in [7, 11) is 0. The smallest absolute Gasteiger partial charge is 0.240 e. The molecule has 1 aliphatic rings. The molecule has 0 bridgehead atoms. The first-order valence-electron chi connectivity index (χ1n) is 7.36. The van der Waals surface area contributed by atoms with Gasteiger partial charge in [0.2, 0.25) is 5.91 Å². The van der Waals surface area contributed by atoms with E-state index in [1.807, 2.05) is 31.2 Å². The molecule has 0 aliphatic carbocycles. The average molecular weight is 295 g/mol. The molecule has 1 amide bonds. The molecule has 2 N–H and O–H groups in total. The first-order valence-corrected chi connectivity index (χ1v) is 7.74. The lowest BCUT2D eigenvalue weighted by Gasteiger charge is -2.35. The van der Waals surface area contributed by atoms with Crippen molar-refractivity contribution in [2.75, 3.05) is 6.54 Å². The topological polar surface area (TPSA) is 41.1 Å². The van der Waals surface area contributed by atoms with Crippen LogP contribution in [0.5, 0.6) is 0 Å². The van der Waals surface area contributed by atoms with Crippen molar-refractivity contribution < 1.29 is 4.79 Å². The molecule has 110 valence electrons. The van der Waals surface area contributed by atoms with E-state index in [0.29, 0.717) is 5.02 Å². The number of hydrogen-bond donors (Lipinski definition) is 2. The Kier molecular flexibility index (Phi) is 5.06. The Morgan fingerprint density at radius 3 is 2.90 bits per heavy atom. The Morgan fingerprint density at radius 2 is 2.30 bits per heavy atom. The second-order valence-electron chi connectivity index (χ2n) is 5.71. The molecule has 2 atom stereocenters. The number of benzene rings is 1. The fourth-order valence-corrected chi connectivity index (χ4v) is 2.91. The van der Waals surface area contributed by atoms with Crippen LogP contribution in [0.25, 0.3) is 0 Å². The summed E-state index contributed by atoms with van der Waals surface area (Å²) in [6.07, 6.45) is 3.99. The van der Waals surface area contributed by atoms with Crippen molar-refractivity contribution in [3.63, 3.8) is 0 Å². The van der Waals surface area contributed by atoms with E-state index < -0.39 is 5.54 Å². The summed E-state index contributed by atoms with van der Waals surface area (Å²) in [4.78, 5) is 12.5. The second-order valence-corrected chi connectivity index (χ2v) is 6.14. The molecule has 1 fully saturated rings. The maximum Gasteiger partial charge on any atom is 0.240 e. The van der Waals surface area contributed by atoms with E-state index in [1.165, 1.54) is 0 Å². The molecule has 4 heteroatoms. The summed E-state index contributed by atoms with van der Waals surface area (Å²) in [5.41, 5.74) is 0.623. The van der Waals surface area contributed by atoms with E-state index in [2.05, 4.69) is 17.6 Å². The second kappa shape index (κ2) is 6.59. The van der Waals surface area contributed by atoms with Crippen molar-refractivity contribution in [2.24, 2.45) is 0 Å². The van der Waals surface area contributed by atoms with Crippen molar-refractivity contribution in [1.82, 2.24) is 10.6 Å². The first kappa shape index (κ1) is 15.3. The third-order valence-electron chi connectivity index (χ3n) is 4.08. The van der Waals surface area contributed by atoms with Gasteiger partial charge < -0.3 is 10.6 Å². The zero-order valence-electron chi connectivity index (χ0n) is 12.2. The Hall–Kier alpha value is -1.06. The van der Waals surface area contributed by atoms with Crippen molar-refractivity contribution >= 4 is 17.5 Å². The van der Waals surface area contributed by atoms with Gasteiger partial charge in [-0.2, -0.15) is 0 Å². The van der Waals surface area contributed by atoms with E-state index in [-0.39, 0.29) is 11.9 Å². The van der Waals surface area contributed by atoms with Gasteiger partial charge in [-0.15, -0.1) is 0 Å². The van der Waals surface area contributed by atoms with E-state index in [1.54, 1.807) is 0 Å². The van der Waals surface area contributed by atoms with E-state index >= 15 is 0 Å². The fourth-order valence-electron chi connectivity index (χ4n) is 2.71. The molecule has 20 heavy (non-hydrogen) atoms. The maximum atomic E-state index is 12.5. The van der Waals surface area contributed by atoms with Gasteiger partial charge in [0.25, 0.3) is 0 Å². The number of hydrogen-bond acceptors (Lipinski definition) is 2. The third-order valence-corrected chi connectivity index (χ3v) is 4.32. The van der Waals surface area contributed by atoms with E-state index in [0.717, 1.165) is 37.8 Å². The lowest BCUT2D eigenvalue weighted by atomic mass is 9.89. The summed E-state index contributed by atoms with van der Waals surface area (Å²) >= 11 is 6.03. The minimum atomic E-state index is -0.440. The van der Waals surface area contributed by atoms with Crippen LogP contribution >= 0.6 is 11.6 Å². The molecular formula is C16H23ClN2O. The quantitative estimate of drug-likeness (QED) is 0.893. The molecule has 0 radical (unpaired) electrons. The van der Waals surface area contributed by atoms with Crippen LogP contribution in [0, 0.1) is 0 Å². The summed E-state index contributed by atoms with van der Waals surface area (Å²) in [5, 5.41) is 7.22. The number of halogens is 1. The molecule has 2 rings (SSSR count). The molecule has 1 heterocycles. The van der Waals surface area contributed by atoms with Gasteiger partial charge in [0, 0.05) is 5.02 Å². The molecule has 0 saturated carbocycles. The predicted octanol–water partition coefficient (Wildman–Crippen LogP) is 3.44. The summed E-state index contributed by atoms with van der Waals surface area (Å²) in [6.45, 7) is 4.98. The zero-order valence-corrected chi connectivity index (χ0v) is 13.0. The highest BCUT2D eigenvalue weighted by Gasteiger charge is 2.35. The van der Waals surface area contributed by atoms with Crippen LogP contribution in [0.2, 0.25) is 5.02 Å². The fraction of sp³-hybridized carbons (Fsp3) is 0.562. The van der Waals surface area contributed by atoms with Crippen LogP contribution in [0.1, 0.15) is 51.1 Å². The molecular weight excluding hydrogens is 272 g/mol. The van der Waals surface area contributed by atoms with Crippen molar-refractivity contribution in [3.8, 4) is 0 Å². The minimum absolute atomic E-state index is 0.0155. The largest absolute Gasteiger partial charge is 0.348 e. The highest BCUT2D eigenvalue weighted by Crippen LogP contribution is 2.24. The molecule has 1 aromatic carbocycles. The Balaban J connectivity index is 2.08. The predicted molar refractivity (Wildman–Crippen MR) is 82.9 cm³/mol. The third kappa shape index (κ3) is 3.53. The van der Waals surface area contributed by atoms with Crippen LogP contribution in [-0.4, -0.2) is 18.0 Å². The zero-order chi connectivity index (χ0) is 14.6. The summed E-state index contributed by atoms with van der Waals surface area (Å²) in [6, 6.07) is 7.72. The molecule has 1 saturated heterocycles. The lowest BCUT2D eigenvalue weighted by molar-refractivity contribution is -0.128. The van der Waals surface area contributed by atoms with Crippen molar-refractivity contribution in [3.05, 3.63) is 34.9 Å². The molecule has 0 aromatic heterocycles. The van der Waals surface area contributed by atoms with Gasteiger partial charge in [0.1, 0.15) is 0 Å². The van der Waals surface area contributed by atoms with Crippen LogP contribution in [-0.2, 0) is 4.79 Å². The summed E-state index contributed by atoms with van der Waals surface area (Å²) in [5.74, 6) is 0.0871.